The molecule has 1 unspecified atom stereocenters. The van der Waals surface area contributed by atoms with Crippen molar-refractivity contribution in [3.63, 3.8) is 0 Å². The number of imidazole rings is 1. The third-order valence-electron chi connectivity index (χ3n) is 4.89. The van der Waals surface area contributed by atoms with Gasteiger partial charge in [0.15, 0.2) is 0 Å². The van der Waals surface area contributed by atoms with E-state index in [1.54, 1.807) is 0 Å². The third kappa shape index (κ3) is 5.20. The van der Waals surface area contributed by atoms with Crippen molar-refractivity contribution in [3.8, 4) is 0 Å². The van der Waals surface area contributed by atoms with Crippen molar-refractivity contribution in [2.24, 2.45) is 0 Å². The summed E-state index contributed by atoms with van der Waals surface area (Å²) in [5, 5.41) is 3.04. The van der Waals surface area contributed by atoms with Crippen molar-refractivity contribution in [1.29, 1.82) is 0 Å². The molecule has 0 saturated carbocycles. The van der Waals surface area contributed by atoms with Crippen LogP contribution in [0.25, 0.3) is 11.0 Å². The number of urea groups is 1. The Morgan fingerprint density at radius 2 is 2.22 bits per heavy atom. The fourth-order valence-corrected chi connectivity index (χ4v) is 3.39. The number of hydrogen-bond donors (Lipinski definition) is 1. The van der Waals surface area contributed by atoms with Gasteiger partial charge in [-0.3, -0.25) is 0 Å². The summed E-state index contributed by atoms with van der Waals surface area (Å²) in [7, 11) is 4.03. The van der Waals surface area contributed by atoms with E-state index in [1.807, 2.05) is 43.5 Å². The van der Waals surface area contributed by atoms with E-state index in [4.69, 9.17) is 4.74 Å². The highest BCUT2D eigenvalue weighted by atomic mass is 16.5. The first kappa shape index (κ1) is 19.6. The number of anilines is 1. The van der Waals surface area contributed by atoms with Gasteiger partial charge in [0.1, 0.15) is 0 Å². The number of carbonyl (C=O) groups excluding carboxylic acids is 1. The van der Waals surface area contributed by atoms with Crippen LogP contribution in [-0.2, 0) is 11.3 Å². The monoisotopic (exact) mass is 373 g/mol. The summed E-state index contributed by atoms with van der Waals surface area (Å²) in [6.07, 6.45) is 5.16. The predicted molar refractivity (Wildman–Crippen MR) is 108 cm³/mol. The summed E-state index contributed by atoms with van der Waals surface area (Å²) in [4.78, 5) is 21.3. The molecule has 148 valence electrons. The van der Waals surface area contributed by atoms with Gasteiger partial charge in [-0.15, -0.1) is 0 Å². The lowest BCUT2D eigenvalue weighted by molar-refractivity contribution is 0.0820. The first-order valence-corrected chi connectivity index (χ1v) is 9.84. The van der Waals surface area contributed by atoms with Gasteiger partial charge < -0.3 is 24.4 Å². The molecular formula is C20H31N5O2. The molecule has 1 aromatic carbocycles. The Morgan fingerprint density at radius 1 is 1.37 bits per heavy atom. The molecule has 2 aromatic rings. The second kappa shape index (κ2) is 9.19. The molecule has 0 aliphatic carbocycles. The highest BCUT2D eigenvalue weighted by Crippen LogP contribution is 2.20. The molecule has 2 amide bonds. The maximum atomic E-state index is 12.9. The van der Waals surface area contributed by atoms with Gasteiger partial charge in [-0.2, -0.15) is 0 Å². The van der Waals surface area contributed by atoms with Gasteiger partial charge in [-0.05, 0) is 51.6 Å². The minimum absolute atomic E-state index is 0.0836. The van der Waals surface area contributed by atoms with Crippen molar-refractivity contribution < 1.29 is 9.53 Å². The molecule has 1 fully saturated rings. The lowest BCUT2D eigenvalue weighted by Gasteiger charge is -2.27. The molecule has 1 N–H and O–H groups in total. The Balaban J connectivity index is 1.68. The highest BCUT2D eigenvalue weighted by Gasteiger charge is 2.22. The third-order valence-corrected chi connectivity index (χ3v) is 4.89. The maximum absolute atomic E-state index is 12.9. The molecule has 3 rings (SSSR count). The number of rotatable bonds is 8. The lowest BCUT2D eigenvalue weighted by Crippen LogP contribution is -2.43. The standard InChI is InChI=1S/C20H31N5O2/c1-4-9-25-15-21-18-13-16(7-8-19(18)25)22-20(26)24(11-10-23(2)3)14-17-6-5-12-27-17/h7-8,13,15,17H,4-6,9-12,14H2,1-3H3,(H,22,26). The van der Waals surface area contributed by atoms with Crippen LogP contribution in [0.5, 0.6) is 0 Å². The van der Waals surface area contributed by atoms with Gasteiger partial charge in [0, 0.05) is 38.5 Å². The number of nitrogens with zero attached hydrogens (tertiary/aromatic N) is 4. The fourth-order valence-electron chi connectivity index (χ4n) is 3.39. The average molecular weight is 374 g/mol. The highest BCUT2D eigenvalue weighted by molar-refractivity contribution is 5.92. The zero-order chi connectivity index (χ0) is 19.2. The molecule has 7 heteroatoms. The minimum Gasteiger partial charge on any atom is -0.376 e. The van der Waals surface area contributed by atoms with E-state index in [2.05, 4.69) is 26.7 Å². The van der Waals surface area contributed by atoms with Crippen LogP contribution in [0.15, 0.2) is 24.5 Å². The number of aromatic nitrogens is 2. The number of amides is 2. The van der Waals surface area contributed by atoms with Gasteiger partial charge >= 0.3 is 6.03 Å². The molecule has 2 heterocycles. The second-order valence-electron chi connectivity index (χ2n) is 7.46. The zero-order valence-corrected chi connectivity index (χ0v) is 16.6. The van der Waals surface area contributed by atoms with Crippen LogP contribution in [-0.4, -0.2) is 71.8 Å². The van der Waals surface area contributed by atoms with Crippen molar-refractivity contribution in [3.05, 3.63) is 24.5 Å². The summed E-state index contributed by atoms with van der Waals surface area (Å²) in [6.45, 7) is 6.02. The molecule has 1 aromatic heterocycles. The topological polar surface area (TPSA) is 62.6 Å². The second-order valence-corrected chi connectivity index (χ2v) is 7.46. The first-order valence-electron chi connectivity index (χ1n) is 9.84. The van der Waals surface area contributed by atoms with Crippen LogP contribution in [0.2, 0.25) is 0 Å². The van der Waals surface area contributed by atoms with E-state index in [1.165, 1.54) is 0 Å². The fraction of sp³-hybridized carbons (Fsp3) is 0.600. The molecule has 0 spiro atoms. The number of ether oxygens (including phenoxy) is 1. The van der Waals surface area contributed by atoms with Crippen molar-refractivity contribution in [2.45, 2.75) is 38.8 Å². The van der Waals surface area contributed by atoms with Crippen molar-refractivity contribution in [2.75, 3.05) is 45.7 Å². The van der Waals surface area contributed by atoms with Crippen LogP contribution in [0.4, 0.5) is 10.5 Å². The van der Waals surface area contributed by atoms with Crippen LogP contribution < -0.4 is 5.32 Å². The Kier molecular flexibility index (Phi) is 6.68. The number of aryl methyl sites for hydroxylation is 1. The molecule has 27 heavy (non-hydrogen) atoms. The summed E-state index contributed by atoms with van der Waals surface area (Å²) in [5.41, 5.74) is 2.77. The Labute approximate surface area is 161 Å². The molecule has 7 nitrogen and oxygen atoms in total. The largest absolute Gasteiger partial charge is 0.376 e. The minimum atomic E-state index is -0.0836. The van der Waals surface area contributed by atoms with E-state index in [0.717, 1.165) is 55.7 Å². The Morgan fingerprint density at radius 3 is 2.93 bits per heavy atom. The number of hydrogen-bond acceptors (Lipinski definition) is 4. The molecule has 1 aliphatic heterocycles. The summed E-state index contributed by atoms with van der Waals surface area (Å²) in [6, 6.07) is 5.83. The molecule has 1 atom stereocenters. The predicted octanol–water partition coefficient (Wildman–Crippen LogP) is 3.02. The van der Waals surface area contributed by atoms with Gasteiger partial charge in [0.25, 0.3) is 0 Å². The van der Waals surface area contributed by atoms with Gasteiger partial charge in [0.2, 0.25) is 0 Å². The zero-order valence-electron chi connectivity index (χ0n) is 16.6. The van der Waals surface area contributed by atoms with Crippen molar-refractivity contribution in [1.82, 2.24) is 19.4 Å². The summed E-state index contributed by atoms with van der Waals surface area (Å²) in [5.74, 6) is 0. The van der Waals surface area contributed by atoms with Crippen LogP contribution in [0, 0.1) is 0 Å². The number of fused-ring (bicyclic) bond motifs is 1. The average Bonchev–Trinajstić information content (AvgIpc) is 3.28. The van der Waals surface area contributed by atoms with E-state index >= 15 is 0 Å². The first-order chi connectivity index (χ1) is 13.1. The number of carbonyl (C=O) groups is 1. The summed E-state index contributed by atoms with van der Waals surface area (Å²) < 4.78 is 7.87. The number of benzene rings is 1. The molecule has 1 saturated heterocycles. The lowest BCUT2D eigenvalue weighted by atomic mass is 10.2. The smallest absolute Gasteiger partial charge is 0.321 e. The number of nitrogens with one attached hydrogen (secondary N) is 1. The van der Waals surface area contributed by atoms with Gasteiger partial charge in [-0.25, -0.2) is 9.78 Å². The molecule has 1 aliphatic rings. The van der Waals surface area contributed by atoms with E-state index < -0.39 is 0 Å². The molecule has 0 radical (unpaired) electrons. The quantitative estimate of drug-likeness (QED) is 0.773. The Hall–Kier alpha value is -2.12. The van der Waals surface area contributed by atoms with Gasteiger partial charge in [0.05, 0.1) is 23.5 Å². The van der Waals surface area contributed by atoms with Gasteiger partial charge in [-0.1, -0.05) is 6.92 Å². The van der Waals surface area contributed by atoms with E-state index in [-0.39, 0.29) is 12.1 Å². The van der Waals surface area contributed by atoms with E-state index in [0.29, 0.717) is 13.1 Å². The van der Waals surface area contributed by atoms with E-state index in [9.17, 15) is 4.79 Å². The van der Waals surface area contributed by atoms with Crippen LogP contribution in [0.3, 0.4) is 0 Å². The molecular weight excluding hydrogens is 342 g/mol. The SMILES string of the molecule is CCCn1cnc2cc(NC(=O)N(CCN(C)C)CC3CCCO3)ccc21. The van der Waals surface area contributed by atoms with Crippen molar-refractivity contribution >= 4 is 22.8 Å². The Bertz CT molecular complexity index is 752. The molecule has 0 bridgehead atoms. The maximum Gasteiger partial charge on any atom is 0.321 e. The normalized spacial score (nSPS) is 17.0. The number of likely N-dealkylation sites (N-methyl/N-ethyl adjacent to an activating group) is 1. The van der Waals surface area contributed by atoms with Crippen LogP contribution >= 0.6 is 0 Å². The van der Waals surface area contributed by atoms with Crippen LogP contribution in [0.1, 0.15) is 26.2 Å². The summed E-state index contributed by atoms with van der Waals surface area (Å²) >= 11 is 0.